The van der Waals surface area contributed by atoms with Crippen molar-refractivity contribution in [3.8, 4) is 0 Å². The van der Waals surface area contributed by atoms with E-state index in [2.05, 4.69) is 15.6 Å². The number of carbonyl (C=O) groups is 1. The van der Waals surface area contributed by atoms with Gasteiger partial charge in [0, 0.05) is 19.6 Å². The summed E-state index contributed by atoms with van der Waals surface area (Å²) in [6, 6.07) is 7.95. The number of aliphatic hydroxyl groups is 1. The number of aryl methyl sites for hydroxylation is 1. The van der Waals surface area contributed by atoms with Crippen molar-refractivity contribution in [3.63, 3.8) is 0 Å². The minimum atomic E-state index is -0.199. The number of carbonyl (C=O) groups excluding carboxylic acids is 1. The van der Waals surface area contributed by atoms with Gasteiger partial charge in [-0.05, 0) is 49.9 Å². The summed E-state index contributed by atoms with van der Waals surface area (Å²) in [6.07, 6.45) is 4.06. The van der Waals surface area contributed by atoms with E-state index in [1.54, 1.807) is 15.8 Å². The number of nitrogens with zero attached hydrogens (tertiary/aromatic N) is 4. The lowest BCUT2D eigenvalue weighted by Crippen LogP contribution is -2.33. The zero-order chi connectivity index (χ0) is 18.4. The summed E-state index contributed by atoms with van der Waals surface area (Å²) in [7, 11) is 0. The minimum absolute atomic E-state index is 0.0838. The molecule has 2 heterocycles. The summed E-state index contributed by atoms with van der Waals surface area (Å²) in [4.78, 5) is 14.5. The first kappa shape index (κ1) is 18.5. The number of benzene rings is 1. The highest BCUT2D eigenvalue weighted by Gasteiger charge is 2.21. The molecule has 7 heteroatoms. The highest BCUT2D eigenvalue weighted by Crippen LogP contribution is 2.14. The van der Waals surface area contributed by atoms with Crippen molar-refractivity contribution < 1.29 is 9.90 Å². The molecule has 0 radical (unpaired) electrons. The maximum atomic E-state index is 12.8. The Balaban J connectivity index is 1.68. The van der Waals surface area contributed by atoms with Crippen molar-refractivity contribution in [1.82, 2.24) is 25.2 Å². The number of aromatic nitrogens is 3. The van der Waals surface area contributed by atoms with E-state index in [1.807, 2.05) is 31.2 Å². The first-order valence-corrected chi connectivity index (χ1v) is 9.23. The molecule has 1 saturated heterocycles. The number of aliphatic hydroxyl groups excluding tert-OH is 1. The van der Waals surface area contributed by atoms with Crippen molar-refractivity contribution in [2.24, 2.45) is 5.92 Å². The van der Waals surface area contributed by atoms with E-state index < -0.39 is 0 Å². The average Bonchev–Trinajstić information content (AvgIpc) is 3.12. The zero-order valence-electron chi connectivity index (χ0n) is 15.3. The van der Waals surface area contributed by atoms with E-state index in [0.717, 1.165) is 30.8 Å². The number of nitrogens with one attached hydrogen (secondary N) is 1. The molecule has 1 aliphatic rings. The Labute approximate surface area is 154 Å². The monoisotopic (exact) mass is 357 g/mol. The second-order valence-corrected chi connectivity index (χ2v) is 6.91. The lowest BCUT2D eigenvalue weighted by atomic mass is 10.00. The van der Waals surface area contributed by atoms with Crippen LogP contribution in [0.25, 0.3) is 0 Å². The van der Waals surface area contributed by atoms with Crippen LogP contribution in [0.5, 0.6) is 0 Å². The van der Waals surface area contributed by atoms with Gasteiger partial charge in [0.15, 0.2) is 5.69 Å². The Morgan fingerprint density at radius 1 is 1.42 bits per heavy atom. The molecule has 1 aromatic heterocycles. The molecular formula is C19H27N5O2. The zero-order valence-corrected chi connectivity index (χ0v) is 15.3. The Hall–Kier alpha value is -2.25. The van der Waals surface area contributed by atoms with E-state index in [9.17, 15) is 9.90 Å². The molecule has 0 saturated carbocycles. The number of hydrogen-bond acceptors (Lipinski definition) is 5. The second-order valence-electron chi connectivity index (χ2n) is 6.91. The van der Waals surface area contributed by atoms with E-state index in [-0.39, 0.29) is 19.1 Å². The molecule has 2 aromatic rings. The van der Waals surface area contributed by atoms with Gasteiger partial charge in [0.1, 0.15) is 0 Å². The van der Waals surface area contributed by atoms with Gasteiger partial charge < -0.3 is 15.3 Å². The van der Waals surface area contributed by atoms with E-state index in [4.69, 9.17) is 0 Å². The topological polar surface area (TPSA) is 83.3 Å². The lowest BCUT2D eigenvalue weighted by Gasteiger charge is -2.22. The molecule has 1 aromatic carbocycles. The van der Waals surface area contributed by atoms with Crippen LogP contribution in [0.2, 0.25) is 0 Å². The molecule has 140 valence electrons. The molecule has 0 unspecified atom stereocenters. The SMILES string of the molecule is Cc1ccccc1CN(CCO)C(=O)c1cn(C[C@H]2CCCNC2)nn1. The summed E-state index contributed by atoms with van der Waals surface area (Å²) in [5.41, 5.74) is 2.52. The van der Waals surface area contributed by atoms with Crippen molar-refractivity contribution >= 4 is 5.91 Å². The molecule has 0 aliphatic carbocycles. The van der Waals surface area contributed by atoms with Gasteiger partial charge in [-0.25, -0.2) is 0 Å². The van der Waals surface area contributed by atoms with Crippen LogP contribution in [-0.4, -0.2) is 57.1 Å². The molecule has 7 nitrogen and oxygen atoms in total. The first-order valence-electron chi connectivity index (χ1n) is 9.23. The fraction of sp³-hybridized carbons (Fsp3) is 0.526. The number of amides is 1. The fourth-order valence-corrected chi connectivity index (χ4v) is 3.36. The molecule has 1 atom stereocenters. The van der Waals surface area contributed by atoms with Crippen LogP contribution in [0.3, 0.4) is 0 Å². The fourth-order valence-electron chi connectivity index (χ4n) is 3.36. The molecule has 26 heavy (non-hydrogen) atoms. The van der Waals surface area contributed by atoms with Crippen molar-refractivity contribution in [2.75, 3.05) is 26.2 Å². The molecule has 1 fully saturated rings. The van der Waals surface area contributed by atoms with Crippen LogP contribution in [0.15, 0.2) is 30.5 Å². The summed E-state index contributed by atoms with van der Waals surface area (Å²) >= 11 is 0. The van der Waals surface area contributed by atoms with Crippen LogP contribution in [0, 0.1) is 12.8 Å². The average molecular weight is 357 g/mol. The van der Waals surface area contributed by atoms with Gasteiger partial charge in [-0.1, -0.05) is 29.5 Å². The van der Waals surface area contributed by atoms with Crippen LogP contribution in [0.4, 0.5) is 0 Å². The van der Waals surface area contributed by atoms with Gasteiger partial charge in [-0.2, -0.15) is 0 Å². The highest BCUT2D eigenvalue weighted by atomic mass is 16.3. The Bertz CT molecular complexity index is 724. The number of rotatable bonds is 7. The van der Waals surface area contributed by atoms with Gasteiger partial charge >= 0.3 is 0 Å². The molecule has 2 N–H and O–H groups in total. The Kier molecular flexibility index (Phi) is 6.35. The van der Waals surface area contributed by atoms with Gasteiger partial charge in [0.2, 0.25) is 0 Å². The van der Waals surface area contributed by atoms with Crippen molar-refractivity contribution in [1.29, 1.82) is 0 Å². The lowest BCUT2D eigenvalue weighted by molar-refractivity contribution is 0.0701. The van der Waals surface area contributed by atoms with Crippen LogP contribution in [-0.2, 0) is 13.1 Å². The molecule has 1 amide bonds. The van der Waals surface area contributed by atoms with E-state index in [0.29, 0.717) is 18.2 Å². The van der Waals surface area contributed by atoms with E-state index >= 15 is 0 Å². The predicted molar refractivity (Wildman–Crippen MR) is 98.6 cm³/mol. The normalized spacial score (nSPS) is 17.2. The molecule has 3 rings (SSSR count). The first-order chi connectivity index (χ1) is 12.7. The summed E-state index contributed by atoms with van der Waals surface area (Å²) < 4.78 is 1.76. The largest absolute Gasteiger partial charge is 0.395 e. The molecule has 1 aliphatic heterocycles. The highest BCUT2D eigenvalue weighted by molar-refractivity contribution is 5.91. The van der Waals surface area contributed by atoms with E-state index in [1.165, 1.54) is 12.8 Å². The summed E-state index contributed by atoms with van der Waals surface area (Å²) in [6.45, 7) is 5.48. The summed E-state index contributed by atoms with van der Waals surface area (Å²) in [5.74, 6) is 0.323. The summed E-state index contributed by atoms with van der Waals surface area (Å²) in [5, 5.41) is 20.9. The Morgan fingerprint density at radius 2 is 2.27 bits per heavy atom. The molecular weight excluding hydrogens is 330 g/mol. The second kappa shape index (κ2) is 8.91. The predicted octanol–water partition coefficient (Wildman–Crippen LogP) is 1.22. The maximum Gasteiger partial charge on any atom is 0.276 e. The van der Waals surface area contributed by atoms with Gasteiger partial charge in [0.25, 0.3) is 5.91 Å². The van der Waals surface area contributed by atoms with Gasteiger partial charge in [-0.3, -0.25) is 9.48 Å². The van der Waals surface area contributed by atoms with Gasteiger partial charge in [-0.15, -0.1) is 5.10 Å². The van der Waals surface area contributed by atoms with Crippen LogP contribution >= 0.6 is 0 Å². The standard InChI is InChI=1S/C19H27N5O2/c1-15-5-2-3-7-17(15)13-23(9-10-25)19(26)18-14-24(22-21-18)12-16-6-4-8-20-11-16/h2-3,5,7,14,16,20,25H,4,6,8-13H2,1H3/t16-/m0/s1. The molecule has 0 bridgehead atoms. The van der Waals surface area contributed by atoms with Crippen molar-refractivity contribution in [2.45, 2.75) is 32.9 Å². The quantitative estimate of drug-likeness (QED) is 0.778. The third kappa shape index (κ3) is 4.68. The van der Waals surface area contributed by atoms with Crippen molar-refractivity contribution in [3.05, 3.63) is 47.3 Å². The number of hydrogen-bond donors (Lipinski definition) is 2. The third-order valence-corrected chi connectivity index (χ3v) is 4.88. The Morgan fingerprint density at radius 3 is 3.00 bits per heavy atom. The van der Waals surface area contributed by atoms with Crippen LogP contribution < -0.4 is 5.32 Å². The number of piperidine rings is 1. The smallest absolute Gasteiger partial charge is 0.276 e. The third-order valence-electron chi connectivity index (χ3n) is 4.88. The molecule has 0 spiro atoms. The van der Waals surface area contributed by atoms with Crippen LogP contribution in [0.1, 0.15) is 34.5 Å². The minimum Gasteiger partial charge on any atom is -0.395 e. The maximum absolute atomic E-state index is 12.8. The van der Waals surface area contributed by atoms with Gasteiger partial charge in [0.05, 0.1) is 12.8 Å².